The molecule has 1 aromatic rings. The predicted molar refractivity (Wildman–Crippen MR) is 95.4 cm³/mol. The van der Waals surface area contributed by atoms with Gasteiger partial charge in [-0.05, 0) is 39.2 Å². The summed E-state index contributed by atoms with van der Waals surface area (Å²) in [6.45, 7) is 9.24. The molecule has 1 fully saturated rings. The third kappa shape index (κ3) is 4.62. The molecule has 11 heteroatoms. The maximum Gasteiger partial charge on any atom is 0.351 e. The van der Waals surface area contributed by atoms with Gasteiger partial charge < -0.3 is 23.4 Å². The zero-order valence-corrected chi connectivity index (χ0v) is 17.3. The number of ketones is 1. The molecule has 9 nitrogen and oxygen atoms in total. The maximum atomic E-state index is 12.7. The minimum Gasteiger partial charge on any atom is -0.415 e. The van der Waals surface area contributed by atoms with Crippen LogP contribution in [0.1, 0.15) is 13.2 Å². The Kier molecular flexibility index (Phi) is 5.66. The lowest BCUT2D eigenvalue weighted by Gasteiger charge is -2.33. The van der Waals surface area contributed by atoms with Gasteiger partial charge in [-0.3, -0.25) is 9.36 Å². The molecule has 0 saturated carbocycles. The Balaban J connectivity index is 2.18. The number of nitrogens with two attached hydrogens (primary N) is 1. The van der Waals surface area contributed by atoms with E-state index in [1.807, 2.05) is 26.2 Å². The molecule has 2 N–H and O–H groups in total. The van der Waals surface area contributed by atoms with E-state index in [0.717, 1.165) is 4.57 Å². The first-order valence-electron chi connectivity index (χ1n) is 7.93. The number of rotatable bonds is 6. The molecule has 0 aromatic carbocycles. The largest absolute Gasteiger partial charge is 0.415 e. The van der Waals surface area contributed by atoms with Crippen molar-refractivity contribution < 1.29 is 22.5 Å². The van der Waals surface area contributed by atoms with E-state index in [1.165, 1.54) is 12.3 Å². The number of hydrogen-bond donors (Lipinski definition) is 1. The standard InChI is InChI=1S/C14H25N3O6Si2/c1-9-12(22-25(5,6)23-24(3,4)20-2)11(18)13(21-9)17-8-7-10(15)16-14(17)19/h7-9,12-13H,1-6H3,(H2,15,16,19)/t9-,12-,13?/m1/s1. The summed E-state index contributed by atoms with van der Waals surface area (Å²) >= 11 is 0. The van der Waals surface area contributed by atoms with Crippen LogP contribution in [0.5, 0.6) is 0 Å². The molecule has 1 aliphatic rings. The van der Waals surface area contributed by atoms with Gasteiger partial charge >= 0.3 is 22.8 Å². The van der Waals surface area contributed by atoms with Crippen LogP contribution in [0.4, 0.5) is 5.82 Å². The van der Waals surface area contributed by atoms with E-state index in [4.69, 9.17) is 23.4 Å². The summed E-state index contributed by atoms with van der Waals surface area (Å²) in [6, 6.07) is 1.44. The highest BCUT2D eigenvalue weighted by molar-refractivity contribution is 6.78. The summed E-state index contributed by atoms with van der Waals surface area (Å²) in [5.41, 5.74) is 4.83. The van der Waals surface area contributed by atoms with Crippen molar-refractivity contribution in [3.63, 3.8) is 0 Å². The van der Waals surface area contributed by atoms with E-state index in [9.17, 15) is 9.59 Å². The van der Waals surface area contributed by atoms with Gasteiger partial charge in [-0.2, -0.15) is 4.98 Å². The third-order valence-electron chi connectivity index (χ3n) is 3.79. The zero-order chi connectivity index (χ0) is 19.0. The number of carbonyl (C=O) groups is 1. The van der Waals surface area contributed by atoms with Crippen LogP contribution < -0.4 is 11.4 Å². The molecule has 0 aliphatic carbocycles. The molecule has 1 aliphatic heterocycles. The third-order valence-corrected chi connectivity index (χ3v) is 9.53. The van der Waals surface area contributed by atoms with Crippen LogP contribution in [0, 0.1) is 0 Å². The molecule has 1 aromatic heterocycles. The van der Waals surface area contributed by atoms with E-state index < -0.39 is 41.2 Å². The highest BCUT2D eigenvalue weighted by atomic mass is 28.5. The van der Waals surface area contributed by atoms with Crippen LogP contribution in [0.25, 0.3) is 0 Å². The molecule has 0 amide bonds. The van der Waals surface area contributed by atoms with Crippen LogP contribution in [0.2, 0.25) is 26.2 Å². The van der Waals surface area contributed by atoms with Crippen LogP contribution in [0.3, 0.4) is 0 Å². The van der Waals surface area contributed by atoms with Crippen molar-refractivity contribution in [3.05, 3.63) is 22.7 Å². The Hall–Kier alpha value is -1.38. The van der Waals surface area contributed by atoms with Gasteiger partial charge in [-0.1, -0.05) is 0 Å². The van der Waals surface area contributed by atoms with Gasteiger partial charge in [0.15, 0.2) is 6.23 Å². The van der Waals surface area contributed by atoms with E-state index in [1.54, 1.807) is 14.0 Å². The topological polar surface area (TPSA) is 115 Å². The monoisotopic (exact) mass is 387 g/mol. The van der Waals surface area contributed by atoms with Gasteiger partial charge in [0.2, 0.25) is 5.78 Å². The smallest absolute Gasteiger partial charge is 0.351 e. The number of carbonyl (C=O) groups excluding carboxylic acids is 1. The lowest BCUT2D eigenvalue weighted by molar-refractivity contribution is -0.130. The van der Waals surface area contributed by atoms with E-state index in [0.29, 0.717) is 0 Å². The number of aromatic nitrogens is 2. The second-order valence-electron chi connectivity index (χ2n) is 6.78. The van der Waals surface area contributed by atoms with Crippen molar-refractivity contribution in [3.8, 4) is 0 Å². The first-order valence-corrected chi connectivity index (χ1v) is 13.6. The summed E-state index contributed by atoms with van der Waals surface area (Å²) in [6.07, 6.45) is -1.04. The molecule has 2 heterocycles. The zero-order valence-electron chi connectivity index (χ0n) is 15.3. The normalized spacial score (nSPS) is 24.7. The Morgan fingerprint density at radius 3 is 2.44 bits per heavy atom. The second-order valence-corrected chi connectivity index (χ2v) is 13.8. The van der Waals surface area contributed by atoms with Crippen molar-refractivity contribution in [1.29, 1.82) is 0 Å². The SMILES string of the molecule is CO[Si](C)(C)O[Si](C)(C)O[C@H]1C(=O)C(n2ccc(N)nc2=O)O[C@@H]1C. The predicted octanol–water partition coefficient (Wildman–Crippen LogP) is 0.764. The van der Waals surface area contributed by atoms with Gasteiger partial charge in [-0.15, -0.1) is 0 Å². The Morgan fingerprint density at radius 2 is 1.88 bits per heavy atom. The van der Waals surface area contributed by atoms with Gasteiger partial charge in [0.25, 0.3) is 0 Å². The first kappa shape index (κ1) is 19.9. The number of hydrogen-bond acceptors (Lipinski definition) is 8. The quantitative estimate of drug-likeness (QED) is 0.712. The number of anilines is 1. The summed E-state index contributed by atoms with van der Waals surface area (Å²) in [4.78, 5) is 28.3. The van der Waals surface area contributed by atoms with Crippen molar-refractivity contribution >= 4 is 28.7 Å². The van der Waals surface area contributed by atoms with Crippen LogP contribution in [-0.2, 0) is 22.5 Å². The van der Waals surface area contributed by atoms with E-state index >= 15 is 0 Å². The summed E-state index contributed by atoms with van der Waals surface area (Å²) in [5.74, 6) is -0.261. The molecule has 0 radical (unpaired) electrons. The molecule has 2 rings (SSSR count). The average Bonchev–Trinajstić information content (AvgIpc) is 2.74. The fourth-order valence-corrected chi connectivity index (χ4v) is 8.82. The highest BCUT2D eigenvalue weighted by Crippen LogP contribution is 2.29. The molecule has 140 valence electrons. The number of nitrogen functional groups attached to an aromatic ring is 1. The average molecular weight is 388 g/mol. The van der Waals surface area contributed by atoms with Crippen LogP contribution in [0.15, 0.2) is 17.1 Å². The fourth-order valence-electron chi connectivity index (χ4n) is 2.64. The highest BCUT2D eigenvalue weighted by Gasteiger charge is 2.48. The second kappa shape index (κ2) is 7.09. The summed E-state index contributed by atoms with van der Waals surface area (Å²) < 4.78 is 24.2. The Labute approximate surface area is 148 Å². The Morgan fingerprint density at radius 1 is 1.24 bits per heavy atom. The van der Waals surface area contributed by atoms with Crippen molar-refractivity contribution in [2.45, 2.75) is 51.5 Å². The van der Waals surface area contributed by atoms with Crippen molar-refractivity contribution in [1.82, 2.24) is 9.55 Å². The van der Waals surface area contributed by atoms with E-state index in [2.05, 4.69) is 4.98 Å². The van der Waals surface area contributed by atoms with Crippen LogP contribution >= 0.6 is 0 Å². The Bertz CT molecular complexity index is 708. The molecule has 1 saturated heterocycles. The lowest BCUT2D eigenvalue weighted by Crippen LogP contribution is -2.51. The first-order chi connectivity index (χ1) is 11.5. The van der Waals surface area contributed by atoms with Gasteiger partial charge in [0.1, 0.15) is 11.9 Å². The number of ether oxygens (including phenoxy) is 1. The fraction of sp³-hybridized carbons (Fsp3) is 0.643. The molecule has 0 bridgehead atoms. The van der Waals surface area contributed by atoms with E-state index in [-0.39, 0.29) is 11.6 Å². The number of Topliss-reactive ketones (excluding diaryl/α,β-unsaturated/α-hetero) is 1. The molecule has 1 unspecified atom stereocenters. The minimum absolute atomic E-state index is 0.0845. The van der Waals surface area contributed by atoms with Crippen LogP contribution in [-0.4, -0.2) is 51.8 Å². The number of nitrogens with zero attached hydrogens (tertiary/aromatic N) is 2. The summed E-state index contributed by atoms with van der Waals surface area (Å²) in [7, 11) is -3.37. The lowest BCUT2D eigenvalue weighted by atomic mass is 10.2. The van der Waals surface area contributed by atoms with Gasteiger partial charge in [0, 0.05) is 13.3 Å². The van der Waals surface area contributed by atoms with Crippen molar-refractivity contribution in [2.75, 3.05) is 12.8 Å². The molecular formula is C14H25N3O6Si2. The molecular weight excluding hydrogens is 362 g/mol. The summed E-state index contributed by atoms with van der Waals surface area (Å²) in [5, 5.41) is 0. The molecule has 0 spiro atoms. The van der Waals surface area contributed by atoms with Gasteiger partial charge in [-0.25, -0.2) is 4.79 Å². The van der Waals surface area contributed by atoms with Crippen molar-refractivity contribution in [2.24, 2.45) is 0 Å². The maximum absolute atomic E-state index is 12.7. The minimum atomic E-state index is -2.65. The molecule has 25 heavy (non-hydrogen) atoms. The molecule has 3 atom stereocenters. The van der Waals surface area contributed by atoms with Gasteiger partial charge in [0.05, 0.1) is 6.10 Å².